The van der Waals surface area contributed by atoms with Crippen LogP contribution >= 0.6 is 0 Å². The monoisotopic (exact) mass is 622 g/mol. The first-order valence-electron chi connectivity index (χ1n) is 14.3. The number of esters is 1. The van der Waals surface area contributed by atoms with E-state index in [1.807, 2.05) is 0 Å². The predicted molar refractivity (Wildman–Crippen MR) is 161 cm³/mol. The molecule has 0 saturated heterocycles. The van der Waals surface area contributed by atoms with Crippen molar-refractivity contribution < 1.29 is 41.4 Å². The van der Waals surface area contributed by atoms with Gasteiger partial charge < -0.3 is 24.7 Å². The van der Waals surface area contributed by atoms with Crippen LogP contribution in [0.3, 0.4) is 0 Å². The van der Waals surface area contributed by atoms with Crippen molar-refractivity contribution in [3.8, 4) is 22.8 Å². The Balaban J connectivity index is 1.46. The van der Waals surface area contributed by atoms with Gasteiger partial charge in [-0.25, -0.2) is 22.4 Å². The summed E-state index contributed by atoms with van der Waals surface area (Å²) in [5, 5.41) is 10.4. The zero-order chi connectivity index (χ0) is 31.2. The quantitative estimate of drug-likeness (QED) is 0.174. The number of sulfonamides is 1. The van der Waals surface area contributed by atoms with Crippen LogP contribution in [0, 0.1) is 5.82 Å². The molecule has 1 aromatic heterocycles. The Morgan fingerprint density at radius 3 is 2.14 bits per heavy atom. The Morgan fingerprint density at radius 1 is 0.955 bits per heavy atom. The molecule has 0 spiro atoms. The van der Waals surface area contributed by atoms with E-state index in [0.717, 1.165) is 24.7 Å². The van der Waals surface area contributed by atoms with E-state index in [1.54, 1.807) is 36.4 Å². The molecule has 44 heavy (non-hydrogen) atoms. The highest BCUT2D eigenvalue weighted by Gasteiger charge is 2.37. The molecule has 230 valence electrons. The number of aliphatic hydroxyl groups is 1. The van der Waals surface area contributed by atoms with Gasteiger partial charge in [-0.3, -0.25) is 4.31 Å². The van der Waals surface area contributed by atoms with Crippen molar-refractivity contribution in [3.63, 3.8) is 0 Å². The lowest BCUT2D eigenvalue weighted by Gasteiger charge is -2.36. The van der Waals surface area contributed by atoms with Crippen LogP contribution < -0.4 is 14.8 Å². The molecular weight excluding hydrogens is 591 g/mol. The highest BCUT2D eigenvalue weighted by Crippen LogP contribution is 2.49. The number of furan rings is 1. The molecule has 10 nitrogen and oxygen atoms in total. The van der Waals surface area contributed by atoms with Crippen LogP contribution in [-0.4, -0.2) is 44.0 Å². The minimum Gasteiger partial charge on any atom is -0.457 e. The maximum absolute atomic E-state index is 13.3. The molecule has 3 N–H and O–H groups in total. The number of nitrogens with two attached hydrogens (primary N) is 1. The van der Waals surface area contributed by atoms with Crippen molar-refractivity contribution in [2.75, 3.05) is 10.6 Å². The molecule has 2 saturated carbocycles. The largest absolute Gasteiger partial charge is 0.457 e. The average Bonchev–Trinajstić information content (AvgIpc) is 3.74. The lowest BCUT2D eigenvalue weighted by Crippen LogP contribution is -2.43. The van der Waals surface area contributed by atoms with E-state index in [2.05, 4.69) is 0 Å². The van der Waals surface area contributed by atoms with Crippen LogP contribution in [0.2, 0.25) is 0 Å². The number of benzene rings is 3. The third-order valence-electron chi connectivity index (χ3n) is 8.01. The summed E-state index contributed by atoms with van der Waals surface area (Å²) < 4.78 is 57.9. The molecule has 3 aromatic carbocycles. The minimum atomic E-state index is -3.73. The summed E-state index contributed by atoms with van der Waals surface area (Å²) in [4.78, 5) is 24.8. The van der Waals surface area contributed by atoms with Crippen LogP contribution in [-0.2, 0) is 14.8 Å². The molecule has 6 rings (SSSR count). The molecule has 2 aliphatic carbocycles. The van der Waals surface area contributed by atoms with Crippen molar-refractivity contribution in [3.05, 3.63) is 77.6 Å². The zero-order valence-corrected chi connectivity index (χ0v) is 24.7. The van der Waals surface area contributed by atoms with Crippen molar-refractivity contribution in [2.45, 2.75) is 56.6 Å². The van der Waals surface area contributed by atoms with Crippen LogP contribution in [0.25, 0.3) is 22.3 Å². The first kappa shape index (κ1) is 29.6. The standard InChI is InChI=1S/C32H31FN2O8S/c1-44(39,40)35(21-8-10-22(36)11-9-21)27-17-28-26(16-25(27)18-2-3-18)29(31(37)43-32(34)38)30(42-28)19-4-12-23(13-5-19)41-24-14-6-20(33)7-15-24/h4-7,12-18,21-22,36H,2-3,8-11H2,1H3,(H2,34,38). The summed E-state index contributed by atoms with van der Waals surface area (Å²) in [5.41, 5.74) is 7.07. The molecule has 4 aromatic rings. The van der Waals surface area contributed by atoms with Gasteiger partial charge in [-0.1, -0.05) is 0 Å². The number of carbonyl (C=O) groups is 2. The highest BCUT2D eigenvalue weighted by atomic mass is 32.2. The lowest BCUT2D eigenvalue weighted by atomic mass is 9.92. The van der Waals surface area contributed by atoms with E-state index in [-0.39, 0.29) is 28.9 Å². The molecule has 1 amide bonds. The third kappa shape index (κ3) is 6.13. The lowest BCUT2D eigenvalue weighted by molar-refractivity contribution is 0.0640. The van der Waals surface area contributed by atoms with Crippen molar-refractivity contribution >= 4 is 38.7 Å². The number of ether oxygens (including phenoxy) is 2. The average molecular weight is 623 g/mol. The second kappa shape index (κ2) is 11.6. The number of carbonyl (C=O) groups excluding carboxylic acids is 2. The van der Waals surface area contributed by atoms with Gasteiger partial charge in [-0.15, -0.1) is 0 Å². The Kier molecular flexibility index (Phi) is 7.80. The number of nitrogens with zero attached hydrogens (tertiary/aromatic N) is 1. The smallest absolute Gasteiger partial charge is 0.412 e. The molecule has 0 atom stereocenters. The Morgan fingerprint density at radius 2 is 1.57 bits per heavy atom. The number of primary amides is 1. The Bertz CT molecular complexity index is 1820. The van der Waals surface area contributed by atoms with Gasteiger partial charge in [0.15, 0.2) is 0 Å². The van der Waals surface area contributed by atoms with Crippen molar-refractivity contribution in [1.29, 1.82) is 0 Å². The molecule has 12 heteroatoms. The number of halogens is 1. The topological polar surface area (TPSA) is 149 Å². The zero-order valence-electron chi connectivity index (χ0n) is 23.9. The maximum atomic E-state index is 13.3. The number of hydrogen-bond donors (Lipinski definition) is 2. The number of aliphatic hydroxyl groups excluding tert-OH is 1. The van der Waals surface area contributed by atoms with Gasteiger partial charge in [0.2, 0.25) is 10.0 Å². The predicted octanol–water partition coefficient (Wildman–Crippen LogP) is 6.21. The van der Waals surface area contributed by atoms with Gasteiger partial charge in [-0.2, -0.15) is 0 Å². The van der Waals surface area contributed by atoms with Gasteiger partial charge in [0, 0.05) is 23.1 Å². The third-order valence-corrected chi connectivity index (χ3v) is 9.22. The minimum absolute atomic E-state index is 0.0221. The number of anilines is 1. The number of fused-ring (bicyclic) bond motifs is 1. The normalized spacial score (nSPS) is 18.6. The van der Waals surface area contributed by atoms with E-state index >= 15 is 0 Å². The van der Waals surface area contributed by atoms with E-state index in [9.17, 15) is 27.5 Å². The fourth-order valence-corrected chi connectivity index (χ4v) is 7.13. The Hall–Kier alpha value is -4.42. The number of hydrogen-bond acceptors (Lipinski definition) is 8. The number of rotatable bonds is 8. The van der Waals surface area contributed by atoms with Gasteiger partial charge in [0.05, 0.1) is 18.0 Å². The SMILES string of the molecule is CS(=O)(=O)N(c1cc2oc(-c3ccc(Oc4ccc(F)cc4)cc3)c(C(=O)OC(N)=O)c2cc1C1CC1)C1CCC(O)CC1. The first-order valence-corrected chi connectivity index (χ1v) is 16.2. The summed E-state index contributed by atoms with van der Waals surface area (Å²) in [6, 6.07) is 15.1. The second-order valence-electron chi connectivity index (χ2n) is 11.3. The summed E-state index contributed by atoms with van der Waals surface area (Å²) in [5.74, 6) is -0.347. The fourth-order valence-electron chi connectivity index (χ4n) is 5.86. The van der Waals surface area contributed by atoms with E-state index in [0.29, 0.717) is 53.8 Å². The van der Waals surface area contributed by atoms with Crippen molar-refractivity contribution in [2.24, 2.45) is 5.73 Å². The molecule has 1 heterocycles. The first-order chi connectivity index (χ1) is 21.0. The van der Waals surface area contributed by atoms with Crippen LogP contribution in [0.1, 0.15) is 60.4 Å². The second-order valence-corrected chi connectivity index (χ2v) is 13.2. The molecule has 0 aliphatic heterocycles. The molecule has 2 fully saturated rings. The van der Waals surface area contributed by atoms with Crippen LogP contribution in [0.5, 0.6) is 11.5 Å². The molecule has 0 radical (unpaired) electrons. The summed E-state index contributed by atoms with van der Waals surface area (Å²) in [6.07, 6.45) is 3.11. The summed E-state index contributed by atoms with van der Waals surface area (Å²) in [7, 11) is -3.73. The summed E-state index contributed by atoms with van der Waals surface area (Å²) in [6.45, 7) is 0. The number of amides is 1. The van der Waals surface area contributed by atoms with Gasteiger partial charge in [-0.05, 0) is 105 Å². The maximum Gasteiger partial charge on any atom is 0.412 e. The molecule has 0 bridgehead atoms. The van der Waals surface area contributed by atoms with E-state index in [4.69, 9.17) is 19.6 Å². The molecule has 2 aliphatic rings. The van der Waals surface area contributed by atoms with Crippen LogP contribution in [0.15, 0.2) is 65.1 Å². The Labute approximate surface area is 253 Å². The molecule has 0 unspecified atom stereocenters. The summed E-state index contributed by atoms with van der Waals surface area (Å²) >= 11 is 0. The van der Waals surface area contributed by atoms with Gasteiger partial charge in [0.25, 0.3) is 0 Å². The van der Waals surface area contributed by atoms with Crippen molar-refractivity contribution in [1.82, 2.24) is 0 Å². The van der Waals surface area contributed by atoms with E-state index in [1.165, 1.54) is 28.6 Å². The van der Waals surface area contributed by atoms with E-state index < -0.39 is 34.0 Å². The highest BCUT2D eigenvalue weighted by molar-refractivity contribution is 7.92. The van der Waals surface area contributed by atoms with Gasteiger partial charge in [0.1, 0.15) is 34.2 Å². The fraction of sp³-hybridized carbons (Fsp3) is 0.312. The van der Waals surface area contributed by atoms with Crippen LogP contribution in [0.4, 0.5) is 14.9 Å². The molecular formula is C32H31FN2O8S. The van der Waals surface area contributed by atoms with Gasteiger partial charge >= 0.3 is 12.1 Å².